The number of hydrazone groups is 1. The lowest BCUT2D eigenvalue weighted by molar-refractivity contribution is -0.118. The molecule has 1 aliphatic heterocycles. The Morgan fingerprint density at radius 2 is 1.52 bits per heavy atom. The highest BCUT2D eigenvalue weighted by Gasteiger charge is 2.40. The Bertz CT molecular complexity index is 2000. The zero-order chi connectivity index (χ0) is 37.8. The third-order valence-electron chi connectivity index (χ3n) is 9.35. The summed E-state index contributed by atoms with van der Waals surface area (Å²) in [5, 5.41) is 10.8. The van der Waals surface area contributed by atoms with E-state index < -0.39 is 17.1 Å². The number of hydrogen-bond acceptors (Lipinski definition) is 6. The van der Waals surface area contributed by atoms with Crippen LogP contribution in [0.15, 0.2) is 94.9 Å². The summed E-state index contributed by atoms with van der Waals surface area (Å²) < 4.78 is 6.10. The summed E-state index contributed by atoms with van der Waals surface area (Å²) in [6, 6.07) is 24.9. The van der Waals surface area contributed by atoms with Gasteiger partial charge in [-0.3, -0.25) is 14.4 Å². The van der Waals surface area contributed by atoms with E-state index in [9.17, 15) is 14.4 Å². The second kappa shape index (κ2) is 16.3. The van der Waals surface area contributed by atoms with Crippen molar-refractivity contribution in [3.05, 3.63) is 117 Å². The third-order valence-corrected chi connectivity index (χ3v) is 11.3. The fraction of sp³-hybridized carbons (Fsp3) is 0.300. The Kier molecular flexibility index (Phi) is 12.3. The summed E-state index contributed by atoms with van der Waals surface area (Å²) in [6.07, 6.45) is 1.89. The van der Waals surface area contributed by atoms with Crippen molar-refractivity contribution in [2.75, 3.05) is 16.9 Å². The largest absolute Gasteiger partial charge is 0.483 e. The Morgan fingerprint density at radius 1 is 0.846 bits per heavy atom. The number of amidine groups is 1. The predicted octanol–water partition coefficient (Wildman–Crippen LogP) is 10.3. The molecule has 8 nitrogen and oxygen atoms in total. The van der Waals surface area contributed by atoms with Gasteiger partial charge in [0.2, 0.25) is 0 Å². The van der Waals surface area contributed by atoms with Gasteiger partial charge >= 0.3 is 0 Å². The molecule has 272 valence electrons. The molecule has 0 aromatic heterocycles. The van der Waals surface area contributed by atoms with Crippen molar-refractivity contribution in [1.82, 2.24) is 5.32 Å². The molecule has 12 heteroatoms. The van der Waals surface area contributed by atoms with Crippen molar-refractivity contribution in [1.29, 1.82) is 0 Å². The topological polar surface area (TPSA) is 100 Å². The molecule has 1 aliphatic rings. The highest BCUT2D eigenvalue weighted by Crippen LogP contribution is 2.41. The number of ether oxygens (including phenoxy) is 1. The Balaban J connectivity index is 1.32. The molecule has 4 aromatic rings. The van der Waals surface area contributed by atoms with Gasteiger partial charge in [0.1, 0.15) is 11.4 Å². The van der Waals surface area contributed by atoms with Crippen LogP contribution >= 0.6 is 46.6 Å². The summed E-state index contributed by atoms with van der Waals surface area (Å²) in [5.74, 6) is -0.614. The first-order chi connectivity index (χ1) is 24.6. The van der Waals surface area contributed by atoms with Crippen molar-refractivity contribution in [3.8, 4) is 5.75 Å². The number of anilines is 2. The van der Waals surface area contributed by atoms with Gasteiger partial charge in [-0.2, -0.15) is 5.01 Å². The number of halogens is 3. The van der Waals surface area contributed by atoms with E-state index in [1.54, 1.807) is 24.3 Å². The van der Waals surface area contributed by atoms with Crippen molar-refractivity contribution in [2.45, 2.75) is 75.4 Å². The molecule has 0 spiro atoms. The second-order valence-corrected chi connectivity index (χ2v) is 16.2. The summed E-state index contributed by atoms with van der Waals surface area (Å²) in [7, 11) is 0. The number of thioether (sulfide) groups is 1. The van der Waals surface area contributed by atoms with Crippen LogP contribution in [0.25, 0.3) is 0 Å². The van der Waals surface area contributed by atoms with E-state index in [1.165, 1.54) is 29.5 Å². The zero-order valence-corrected chi connectivity index (χ0v) is 32.9. The van der Waals surface area contributed by atoms with Gasteiger partial charge in [-0.1, -0.05) is 113 Å². The van der Waals surface area contributed by atoms with Crippen LogP contribution < -0.4 is 20.4 Å². The Morgan fingerprint density at radius 3 is 2.17 bits per heavy atom. The molecule has 1 atom stereocenters. The molecule has 0 unspecified atom stereocenters. The van der Waals surface area contributed by atoms with Gasteiger partial charge in [-0.05, 0) is 77.8 Å². The predicted molar refractivity (Wildman–Crippen MR) is 214 cm³/mol. The van der Waals surface area contributed by atoms with Crippen molar-refractivity contribution < 1.29 is 19.1 Å². The van der Waals surface area contributed by atoms with Gasteiger partial charge in [0.25, 0.3) is 17.7 Å². The van der Waals surface area contributed by atoms with Gasteiger partial charge in [0.05, 0.1) is 10.0 Å². The van der Waals surface area contributed by atoms with E-state index in [1.807, 2.05) is 36.4 Å². The van der Waals surface area contributed by atoms with Gasteiger partial charge in [0.15, 0.2) is 17.7 Å². The number of carbonyl (C=O) groups excluding carboxylic acids is 3. The normalized spacial score (nSPS) is 14.6. The average molecular weight is 780 g/mol. The van der Waals surface area contributed by atoms with Crippen LogP contribution in [0.3, 0.4) is 0 Å². The number of nitrogens with one attached hydrogen (secondary N) is 2. The summed E-state index contributed by atoms with van der Waals surface area (Å²) in [4.78, 5) is 41.3. The molecule has 0 fully saturated rings. The first-order valence-electron chi connectivity index (χ1n) is 16.9. The molecule has 5 rings (SSSR count). The minimum absolute atomic E-state index is 0.00480. The van der Waals surface area contributed by atoms with E-state index in [0.717, 1.165) is 28.3 Å². The van der Waals surface area contributed by atoms with Crippen molar-refractivity contribution >= 4 is 81.5 Å². The molecule has 0 radical (unpaired) electrons. The molecule has 0 saturated carbocycles. The molecular weight excluding hydrogens is 739 g/mol. The third kappa shape index (κ3) is 8.94. The quantitative estimate of drug-likeness (QED) is 0.149. The van der Waals surface area contributed by atoms with Crippen LogP contribution in [0.4, 0.5) is 11.4 Å². The maximum absolute atomic E-state index is 13.8. The second-order valence-electron chi connectivity index (χ2n) is 13.7. The molecule has 52 heavy (non-hydrogen) atoms. The van der Waals surface area contributed by atoms with E-state index >= 15 is 0 Å². The lowest BCUT2D eigenvalue weighted by Gasteiger charge is -2.30. The molecule has 3 amide bonds. The molecule has 0 saturated heterocycles. The van der Waals surface area contributed by atoms with Gasteiger partial charge < -0.3 is 15.4 Å². The number of hydrogen-bond donors (Lipinski definition) is 2. The Hall–Kier alpha value is -4.02. The summed E-state index contributed by atoms with van der Waals surface area (Å²) >= 11 is 20.2. The van der Waals surface area contributed by atoms with Gasteiger partial charge in [-0.25, -0.2) is 0 Å². The van der Waals surface area contributed by atoms with Crippen molar-refractivity contribution in [2.24, 2.45) is 5.10 Å². The van der Waals surface area contributed by atoms with Crippen LogP contribution in [0.2, 0.25) is 15.1 Å². The van der Waals surface area contributed by atoms with Gasteiger partial charge in [-0.15, -0.1) is 16.9 Å². The van der Waals surface area contributed by atoms with Crippen LogP contribution in [0.5, 0.6) is 5.75 Å². The molecule has 0 aliphatic carbocycles. The number of nitrogens with zero attached hydrogens (tertiary/aromatic N) is 2. The number of amides is 3. The molecule has 0 bridgehead atoms. The van der Waals surface area contributed by atoms with E-state index in [2.05, 4.69) is 69.4 Å². The Labute approximate surface area is 324 Å². The minimum Gasteiger partial charge on any atom is -0.483 e. The highest BCUT2D eigenvalue weighted by molar-refractivity contribution is 8.01. The lowest BCUT2D eigenvalue weighted by Crippen LogP contribution is -2.38. The SMILES string of the molecule is CCC(C)(C)c1ccc(OCC(=O)Nc2cccc(C(=O)NC3=NN(c4c(Cl)cc(Cl)cc4Cl)C(=O)[C@@H]3Sc3ccccc3)c2)c(C(C)(C)CC)c1. The van der Waals surface area contributed by atoms with Gasteiger partial charge in [0, 0.05) is 26.7 Å². The minimum atomic E-state index is -0.918. The van der Waals surface area contributed by atoms with E-state index in [4.69, 9.17) is 39.5 Å². The van der Waals surface area contributed by atoms with E-state index in [0.29, 0.717) is 16.5 Å². The highest BCUT2D eigenvalue weighted by atomic mass is 35.5. The maximum Gasteiger partial charge on any atom is 0.268 e. The fourth-order valence-electron chi connectivity index (χ4n) is 5.43. The van der Waals surface area contributed by atoms with Crippen LogP contribution in [-0.2, 0) is 20.4 Å². The monoisotopic (exact) mass is 778 g/mol. The molecule has 4 aromatic carbocycles. The first-order valence-corrected chi connectivity index (χ1v) is 18.9. The summed E-state index contributed by atoms with van der Waals surface area (Å²) in [6.45, 7) is 12.9. The lowest BCUT2D eigenvalue weighted by atomic mass is 9.76. The summed E-state index contributed by atoms with van der Waals surface area (Å²) in [5.41, 5.74) is 2.91. The number of rotatable bonds is 12. The zero-order valence-electron chi connectivity index (χ0n) is 29.9. The van der Waals surface area contributed by atoms with Crippen molar-refractivity contribution in [3.63, 3.8) is 0 Å². The fourth-order valence-corrected chi connectivity index (χ4v) is 7.42. The number of carbonyl (C=O) groups is 3. The molecule has 2 N–H and O–H groups in total. The molecule has 1 heterocycles. The smallest absolute Gasteiger partial charge is 0.268 e. The molecular formula is C40H41Cl3N4O4S. The first kappa shape index (κ1) is 39.2. The van der Waals surface area contributed by atoms with Crippen LogP contribution in [0.1, 0.15) is 75.9 Å². The van der Waals surface area contributed by atoms with Crippen LogP contribution in [0, 0.1) is 0 Å². The van der Waals surface area contributed by atoms with E-state index in [-0.39, 0.29) is 50.5 Å². The standard InChI is InChI=1S/C40H41Cl3N4O4S/c1-7-39(3,4)25-17-18-32(29(20-25)40(5,6)8-2)51-23-33(48)44-27-14-12-13-24(19-27)37(49)45-36-35(52-28-15-10-9-11-16-28)38(50)47(46-36)34-30(42)21-26(41)22-31(34)43/h9-22,35H,7-8,23H2,1-6H3,(H,44,48)(H,45,46,49)/t35-/m1/s1. The average Bonchev–Trinajstić information content (AvgIpc) is 3.40. The van der Waals surface area contributed by atoms with Crippen LogP contribution in [-0.4, -0.2) is 35.4 Å². The number of benzene rings is 4. The maximum atomic E-state index is 13.8.